The van der Waals surface area contributed by atoms with Gasteiger partial charge in [-0.3, -0.25) is 0 Å². The van der Waals surface area contributed by atoms with Crippen molar-refractivity contribution in [1.29, 1.82) is 0 Å². The van der Waals surface area contributed by atoms with E-state index in [0.29, 0.717) is 0 Å². The van der Waals surface area contributed by atoms with Crippen LogP contribution in [0.15, 0.2) is 12.7 Å². The Hall–Kier alpha value is -0.300. The summed E-state index contributed by atoms with van der Waals surface area (Å²) in [5.74, 6) is 0. The maximum Gasteiger partial charge on any atom is 0.0540 e. The average molecular weight is 226 g/mol. The molecule has 0 aliphatic heterocycles. The third-order valence-corrected chi connectivity index (χ3v) is 3.09. The first-order chi connectivity index (χ1) is 7.81. The van der Waals surface area contributed by atoms with Crippen LogP contribution in [0.2, 0.25) is 0 Å². The maximum absolute atomic E-state index is 9.74. The molecule has 0 bridgehead atoms. The Morgan fingerprint density at radius 1 is 0.938 bits per heavy atom. The van der Waals surface area contributed by atoms with Gasteiger partial charge < -0.3 is 5.11 Å². The molecule has 96 valence electrons. The molecule has 0 aliphatic carbocycles. The summed E-state index contributed by atoms with van der Waals surface area (Å²) < 4.78 is 0. The molecule has 1 atom stereocenters. The monoisotopic (exact) mass is 226 g/mol. The van der Waals surface area contributed by atoms with Crippen molar-refractivity contribution in [2.24, 2.45) is 0 Å². The third-order valence-electron chi connectivity index (χ3n) is 3.09. The minimum atomic E-state index is -0.0451. The van der Waals surface area contributed by atoms with E-state index in [9.17, 15) is 5.11 Å². The smallest absolute Gasteiger partial charge is 0.0540 e. The van der Waals surface area contributed by atoms with Crippen LogP contribution in [0.25, 0.3) is 0 Å². The van der Waals surface area contributed by atoms with Crippen LogP contribution in [-0.4, -0.2) is 11.2 Å². The summed E-state index contributed by atoms with van der Waals surface area (Å²) in [4.78, 5) is 0. The first-order valence-corrected chi connectivity index (χ1v) is 7.10. The van der Waals surface area contributed by atoms with Gasteiger partial charge in [0.25, 0.3) is 0 Å². The van der Waals surface area contributed by atoms with Crippen LogP contribution in [0, 0.1) is 0 Å². The van der Waals surface area contributed by atoms with Gasteiger partial charge in [0.15, 0.2) is 0 Å². The van der Waals surface area contributed by atoms with Crippen molar-refractivity contribution in [2.75, 3.05) is 0 Å². The molecule has 0 saturated heterocycles. The number of hydrogen-bond acceptors (Lipinski definition) is 1. The first kappa shape index (κ1) is 15.7. The van der Waals surface area contributed by atoms with Crippen molar-refractivity contribution >= 4 is 0 Å². The maximum atomic E-state index is 9.74. The van der Waals surface area contributed by atoms with Crippen molar-refractivity contribution in [3.8, 4) is 0 Å². The second-order valence-corrected chi connectivity index (χ2v) is 4.78. The lowest BCUT2D eigenvalue weighted by Gasteiger charge is -2.09. The Bertz CT molecular complexity index is 142. The van der Waals surface area contributed by atoms with Crippen LogP contribution in [0.3, 0.4) is 0 Å². The summed E-state index contributed by atoms with van der Waals surface area (Å²) in [7, 11) is 0. The second kappa shape index (κ2) is 12.8. The fourth-order valence-electron chi connectivity index (χ4n) is 1.97. The Kier molecular flexibility index (Phi) is 12.5. The lowest BCUT2D eigenvalue weighted by atomic mass is 10.0. The molecule has 0 aliphatic rings. The van der Waals surface area contributed by atoms with E-state index in [0.717, 1.165) is 19.3 Å². The molecule has 0 aromatic carbocycles. The highest BCUT2D eigenvalue weighted by molar-refractivity contribution is 4.65. The average Bonchev–Trinajstić information content (AvgIpc) is 2.29. The van der Waals surface area contributed by atoms with Gasteiger partial charge in [0, 0.05) is 0 Å². The summed E-state index contributed by atoms with van der Waals surface area (Å²) in [6.45, 7) is 5.94. The Morgan fingerprint density at radius 2 is 1.50 bits per heavy atom. The molecular weight excluding hydrogens is 196 g/mol. The van der Waals surface area contributed by atoms with Gasteiger partial charge in [0.05, 0.1) is 6.10 Å². The topological polar surface area (TPSA) is 20.2 Å². The van der Waals surface area contributed by atoms with Gasteiger partial charge in [0.1, 0.15) is 0 Å². The van der Waals surface area contributed by atoms with E-state index >= 15 is 0 Å². The summed E-state index contributed by atoms with van der Waals surface area (Å²) in [5, 5.41) is 9.74. The van der Waals surface area contributed by atoms with Gasteiger partial charge in [-0.25, -0.2) is 0 Å². The molecule has 0 unspecified atom stereocenters. The fourth-order valence-corrected chi connectivity index (χ4v) is 1.97. The number of allylic oxidation sites excluding steroid dienone is 1. The summed E-state index contributed by atoms with van der Waals surface area (Å²) in [6, 6.07) is 0. The minimum absolute atomic E-state index is 0.0451. The lowest BCUT2D eigenvalue weighted by Crippen LogP contribution is -2.05. The number of unbranched alkanes of at least 4 members (excludes halogenated alkanes) is 7. The molecule has 0 aromatic rings. The van der Waals surface area contributed by atoms with Crippen LogP contribution in [0.1, 0.15) is 77.6 Å². The molecule has 16 heavy (non-hydrogen) atoms. The summed E-state index contributed by atoms with van der Waals surface area (Å²) >= 11 is 0. The van der Waals surface area contributed by atoms with Gasteiger partial charge in [-0.1, -0.05) is 57.9 Å². The van der Waals surface area contributed by atoms with Gasteiger partial charge in [0.2, 0.25) is 0 Å². The molecular formula is C15H30O. The van der Waals surface area contributed by atoms with Crippen molar-refractivity contribution in [3.05, 3.63) is 12.7 Å². The first-order valence-electron chi connectivity index (χ1n) is 7.10. The molecule has 1 heteroatoms. The highest BCUT2D eigenvalue weighted by atomic mass is 16.3. The van der Waals surface area contributed by atoms with E-state index in [1.165, 1.54) is 51.4 Å². The van der Waals surface area contributed by atoms with Crippen molar-refractivity contribution in [2.45, 2.75) is 83.7 Å². The standard InChI is InChI=1S/C15H30O/c1-3-5-7-9-10-12-14-15(16)13-11-8-6-4-2/h3,15-16H,1,4-14H2,2H3/t15-/m1/s1. The van der Waals surface area contributed by atoms with Crippen molar-refractivity contribution < 1.29 is 5.11 Å². The Balaban J connectivity index is 3.10. The van der Waals surface area contributed by atoms with Gasteiger partial charge in [-0.2, -0.15) is 0 Å². The van der Waals surface area contributed by atoms with Crippen LogP contribution in [0.5, 0.6) is 0 Å². The van der Waals surface area contributed by atoms with Gasteiger partial charge in [-0.05, 0) is 25.7 Å². The molecule has 1 nitrogen and oxygen atoms in total. The largest absolute Gasteiger partial charge is 0.393 e. The molecule has 0 heterocycles. The predicted molar refractivity (Wildman–Crippen MR) is 72.7 cm³/mol. The van der Waals surface area contributed by atoms with Gasteiger partial charge >= 0.3 is 0 Å². The summed E-state index contributed by atoms with van der Waals surface area (Å²) in [6.07, 6.45) is 15.2. The molecule has 0 amide bonds. The fraction of sp³-hybridized carbons (Fsp3) is 0.867. The zero-order chi connectivity index (χ0) is 12.1. The lowest BCUT2D eigenvalue weighted by molar-refractivity contribution is 0.147. The summed E-state index contributed by atoms with van der Waals surface area (Å²) in [5.41, 5.74) is 0. The number of hydrogen-bond donors (Lipinski definition) is 1. The molecule has 1 N–H and O–H groups in total. The zero-order valence-electron chi connectivity index (χ0n) is 11.1. The Labute approximate surface area is 102 Å². The van der Waals surface area contributed by atoms with Crippen molar-refractivity contribution in [3.63, 3.8) is 0 Å². The minimum Gasteiger partial charge on any atom is -0.393 e. The molecule has 0 saturated carbocycles. The number of aliphatic hydroxyl groups excluding tert-OH is 1. The number of aliphatic hydroxyl groups is 1. The Morgan fingerprint density at radius 3 is 2.06 bits per heavy atom. The molecule has 0 spiro atoms. The highest BCUT2D eigenvalue weighted by Crippen LogP contribution is 2.12. The van der Waals surface area contributed by atoms with E-state index in [1.807, 2.05) is 6.08 Å². The van der Waals surface area contributed by atoms with Crippen molar-refractivity contribution in [1.82, 2.24) is 0 Å². The van der Waals surface area contributed by atoms with E-state index in [4.69, 9.17) is 0 Å². The van der Waals surface area contributed by atoms with Crippen LogP contribution >= 0.6 is 0 Å². The van der Waals surface area contributed by atoms with Gasteiger partial charge in [-0.15, -0.1) is 6.58 Å². The second-order valence-electron chi connectivity index (χ2n) is 4.78. The SMILES string of the molecule is C=CCCCCCC[C@H](O)CCCCCC. The zero-order valence-corrected chi connectivity index (χ0v) is 11.1. The molecule has 0 radical (unpaired) electrons. The van der Waals surface area contributed by atoms with E-state index < -0.39 is 0 Å². The van der Waals surface area contributed by atoms with Crippen LogP contribution in [-0.2, 0) is 0 Å². The predicted octanol–water partition coefficient (Wildman–Crippen LogP) is 4.84. The van der Waals surface area contributed by atoms with E-state index in [1.54, 1.807) is 0 Å². The quantitative estimate of drug-likeness (QED) is 0.373. The normalized spacial score (nSPS) is 12.6. The highest BCUT2D eigenvalue weighted by Gasteiger charge is 2.02. The molecule has 0 rings (SSSR count). The molecule has 0 fully saturated rings. The van der Waals surface area contributed by atoms with Crippen LogP contribution < -0.4 is 0 Å². The van der Waals surface area contributed by atoms with E-state index in [2.05, 4.69) is 13.5 Å². The third kappa shape index (κ3) is 11.8. The van der Waals surface area contributed by atoms with Crippen LogP contribution in [0.4, 0.5) is 0 Å². The number of rotatable bonds is 12. The van der Waals surface area contributed by atoms with E-state index in [-0.39, 0.29) is 6.10 Å². The molecule has 0 aromatic heterocycles.